The Morgan fingerprint density at radius 1 is 1.21 bits per heavy atom. The van der Waals surface area contributed by atoms with Crippen molar-refractivity contribution in [2.45, 2.75) is 32.6 Å². The van der Waals surface area contributed by atoms with Crippen LogP contribution in [0.4, 0.5) is 5.82 Å². The van der Waals surface area contributed by atoms with Crippen LogP contribution in [0.3, 0.4) is 0 Å². The van der Waals surface area contributed by atoms with Crippen molar-refractivity contribution in [3.05, 3.63) is 23.9 Å². The highest BCUT2D eigenvalue weighted by Crippen LogP contribution is 2.26. The average Bonchev–Trinajstić information content (AvgIpc) is 2.61. The molecule has 0 aliphatic carbocycles. The Morgan fingerprint density at radius 3 is 2.62 bits per heavy atom. The molecule has 0 spiro atoms. The van der Waals surface area contributed by atoms with Crippen LogP contribution >= 0.6 is 0 Å². The fourth-order valence-corrected chi connectivity index (χ4v) is 3.74. The highest BCUT2D eigenvalue weighted by atomic mass is 16.2. The lowest BCUT2D eigenvalue weighted by Crippen LogP contribution is -2.43. The van der Waals surface area contributed by atoms with E-state index in [-0.39, 0.29) is 17.7 Å². The van der Waals surface area contributed by atoms with Gasteiger partial charge in [-0.1, -0.05) is 6.92 Å². The summed E-state index contributed by atoms with van der Waals surface area (Å²) in [5.74, 6) is 1.07. The third-order valence-electron chi connectivity index (χ3n) is 5.16. The summed E-state index contributed by atoms with van der Waals surface area (Å²) in [4.78, 5) is 32.8. The van der Waals surface area contributed by atoms with Crippen molar-refractivity contribution in [1.82, 2.24) is 9.88 Å². The number of anilines is 1. The van der Waals surface area contributed by atoms with Crippen molar-refractivity contribution >= 4 is 17.6 Å². The molecular weight excluding hydrogens is 304 g/mol. The van der Waals surface area contributed by atoms with Crippen LogP contribution in [0.1, 0.15) is 43.0 Å². The summed E-state index contributed by atoms with van der Waals surface area (Å²) in [7, 11) is 0. The smallest absolute Gasteiger partial charge is 0.257 e. The normalized spacial score (nSPS) is 22.5. The van der Waals surface area contributed by atoms with Gasteiger partial charge in [0.1, 0.15) is 5.82 Å². The number of piperidine rings is 2. The van der Waals surface area contributed by atoms with Gasteiger partial charge in [-0.05, 0) is 43.7 Å². The van der Waals surface area contributed by atoms with Gasteiger partial charge >= 0.3 is 0 Å². The first kappa shape index (κ1) is 16.7. The van der Waals surface area contributed by atoms with Gasteiger partial charge in [0.25, 0.3) is 5.91 Å². The topological polar surface area (TPSA) is 79.5 Å². The van der Waals surface area contributed by atoms with Crippen LogP contribution in [0.15, 0.2) is 18.3 Å². The third kappa shape index (κ3) is 3.52. The van der Waals surface area contributed by atoms with Gasteiger partial charge in [-0.2, -0.15) is 0 Å². The standard InChI is InChI=1S/C18H26N4O2/c1-13-4-3-9-22(12-13)17-15(5-2-8-20-17)18(24)21-10-6-14(7-11-21)16(19)23/h2,5,8,13-14H,3-4,6-7,9-12H2,1H3,(H2,19,23). The fourth-order valence-electron chi connectivity index (χ4n) is 3.74. The second kappa shape index (κ2) is 7.20. The van der Waals surface area contributed by atoms with Gasteiger partial charge in [0.2, 0.25) is 5.91 Å². The molecule has 1 aromatic heterocycles. The molecule has 2 fully saturated rings. The van der Waals surface area contributed by atoms with Gasteiger partial charge in [0, 0.05) is 38.3 Å². The van der Waals surface area contributed by atoms with Crippen molar-refractivity contribution in [3.8, 4) is 0 Å². The summed E-state index contributed by atoms with van der Waals surface area (Å²) < 4.78 is 0. The maximum absolute atomic E-state index is 13.0. The number of primary amides is 1. The molecule has 3 heterocycles. The van der Waals surface area contributed by atoms with Crippen LogP contribution in [0, 0.1) is 11.8 Å². The Balaban J connectivity index is 1.75. The Morgan fingerprint density at radius 2 is 1.96 bits per heavy atom. The molecular formula is C18H26N4O2. The van der Waals surface area contributed by atoms with Crippen LogP contribution < -0.4 is 10.6 Å². The van der Waals surface area contributed by atoms with E-state index >= 15 is 0 Å². The minimum atomic E-state index is -0.258. The van der Waals surface area contributed by atoms with E-state index in [1.54, 1.807) is 6.20 Å². The summed E-state index contributed by atoms with van der Waals surface area (Å²) in [6.45, 7) is 5.30. The molecule has 3 rings (SSSR count). The molecule has 1 aromatic rings. The number of pyridine rings is 1. The van der Waals surface area contributed by atoms with Crippen LogP contribution in [0.2, 0.25) is 0 Å². The summed E-state index contributed by atoms with van der Waals surface area (Å²) >= 11 is 0. The van der Waals surface area contributed by atoms with Gasteiger partial charge in [-0.25, -0.2) is 4.98 Å². The molecule has 6 heteroatoms. The van der Waals surface area contributed by atoms with Crippen molar-refractivity contribution in [2.24, 2.45) is 17.6 Å². The number of hydrogen-bond donors (Lipinski definition) is 1. The van der Waals surface area contributed by atoms with Crippen molar-refractivity contribution < 1.29 is 9.59 Å². The second-order valence-electron chi connectivity index (χ2n) is 7.04. The molecule has 1 atom stereocenters. The van der Waals surface area contributed by atoms with E-state index in [0.29, 0.717) is 37.4 Å². The van der Waals surface area contributed by atoms with Gasteiger partial charge in [0.15, 0.2) is 0 Å². The number of rotatable bonds is 3. The van der Waals surface area contributed by atoms with E-state index in [4.69, 9.17) is 5.73 Å². The lowest BCUT2D eigenvalue weighted by Gasteiger charge is -2.35. The number of amides is 2. The summed E-state index contributed by atoms with van der Waals surface area (Å²) in [5.41, 5.74) is 6.05. The molecule has 2 aliphatic rings. The van der Waals surface area contributed by atoms with Gasteiger partial charge in [0.05, 0.1) is 5.56 Å². The second-order valence-corrected chi connectivity index (χ2v) is 7.04. The fraction of sp³-hybridized carbons (Fsp3) is 0.611. The molecule has 2 N–H and O–H groups in total. The number of likely N-dealkylation sites (tertiary alicyclic amines) is 1. The minimum Gasteiger partial charge on any atom is -0.369 e. The molecule has 130 valence electrons. The minimum absolute atomic E-state index is 0.0132. The third-order valence-corrected chi connectivity index (χ3v) is 5.16. The lowest BCUT2D eigenvalue weighted by molar-refractivity contribution is -0.123. The lowest BCUT2D eigenvalue weighted by atomic mass is 9.95. The maximum atomic E-state index is 13.0. The number of carbonyl (C=O) groups is 2. The molecule has 2 amide bonds. The average molecular weight is 330 g/mol. The number of carbonyl (C=O) groups excluding carboxylic acids is 2. The highest BCUT2D eigenvalue weighted by molar-refractivity contribution is 5.99. The highest BCUT2D eigenvalue weighted by Gasteiger charge is 2.29. The molecule has 1 unspecified atom stereocenters. The molecule has 2 saturated heterocycles. The van der Waals surface area contributed by atoms with E-state index in [1.165, 1.54) is 6.42 Å². The number of nitrogens with zero attached hydrogens (tertiary/aromatic N) is 3. The van der Waals surface area contributed by atoms with Crippen molar-refractivity contribution in [2.75, 3.05) is 31.1 Å². The van der Waals surface area contributed by atoms with E-state index in [9.17, 15) is 9.59 Å². The SMILES string of the molecule is CC1CCCN(c2ncccc2C(=O)N2CCC(C(N)=O)CC2)C1. The Bertz CT molecular complexity index is 611. The first-order valence-electron chi connectivity index (χ1n) is 8.85. The molecule has 0 aromatic carbocycles. The van der Waals surface area contributed by atoms with Gasteiger partial charge < -0.3 is 15.5 Å². The van der Waals surface area contributed by atoms with Crippen LogP contribution in [-0.2, 0) is 4.79 Å². The zero-order chi connectivity index (χ0) is 17.1. The van der Waals surface area contributed by atoms with Crippen molar-refractivity contribution in [3.63, 3.8) is 0 Å². The first-order valence-corrected chi connectivity index (χ1v) is 8.85. The van der Waals surface area contributed by atoms with Gasteiger partial charge in [-0.3, -0.25) is 9.59 Å². The first-order chi connectivity index (χ1) is 11.6. The summed E-state index contributed by atoms with van der Waals surface area (Å²) in [6, 6.07) is 3.68. The predicted molar refractivity (Wildman–Crippen MR) is 92.7 cm³/mol. The van der Waals surface area contributed by atoms with E-state index in [0.717, 1.165) is 25.3 Å². The molecule has 2 aliphatic heterocycles. The largest absolute Gasteiger partial charge is 0.369 e. The zero-order valence-corrected chi connectivity index (χ0v) is 14.3. The molecule has 0 radical (unpaired) electrons. The monoisotopic (exact) mass is 330 g/mol. The van der Waals surface area contributed by atoms with E-state index in [2.05, 4.69) is 16.8 Å². The van der Waals surface area contributed by atoms with Gasteiger partial charge in [-0.15, -0.1) is 0 Å². The van der Waals surface area contributed by atoms with Crippen LogP contribution in [0.25, 0.3) is 0 Å². The quantitative estimate of drug-likeness (QED) is 0.914. The number of nitrogens with two attached hydrogens (primary N) is 1. The molecule has 0 bridgehead atoms. The molecule has 6 nitrogen and oxygen atoms in total. The Hall–Kier alpha value is -2.11. The summed E-state index contributed by atoms with van der Waals surface area (Å²) in [5, 5.41) is 0. The zero-order valence-electron chi connectivity index (χ0n) is 14.3. The van der Waals surface area contributed by atoms with Crippen LogP contribution in [0.5, 0.6) is 0 Å². The van der Waals surface area contributed by atoms with Crippen molar-refractivity contribution in [1.29, 1.82) is 0 Å². The Labute approximate surface area is 143 Å². The predicted octanol–water partition coefficient (Wildman–Crippen LogP) is 1.66. The number of hydrogen-bond acceptors (Lipinski definition) is 4. The van der Waals surface area contributed by atoms with Crippen LogP contribution in [-0.4, -0.2) is 47.9 Å². The summed E-state index contributed by atoms with van der Waals surface area (Å²) in [6.07, 6.45) is 5.42. The Kier molecular flexibility index (Phi) is 5.02. The van der Waals surface area contributed by atoms with E-state index in [1.807, 2.05) is 17.0 Å². The molecule has 24 heavy (non-hydrogen) atoms. The van der Waals surface area contributed by atoms with E-state index < -0.39 is 0 Å². The molecule has 0 saturated carbocycles. The number of aromatic nitrogens is 1. The maximum Gasteiger partial charge on any atom is 0.257 e.